The van der Waals surface area contributed by atoms with Gasteiger partial charge in [-0.25, -0.2) is 0 Å². The summed E-state index contributed by atoms with van der Waals surface area (Å²) in [5.41, 5.74) is 0.921. The number of carbonyl (C=O) groups excluding carboxylic acids is 1. The van der Waals surface area contributed by atoms with Gasteiger partial charge in [-0.2, -0.15) is 8.42 Å². The first-order valence-corrected chi connectivity index (χ1v) is 13.4. The van der Waals surface area contributed by atoms with E-state index in [0.717, 1.165) is 17.4 Å². The molecule has 3 rings (SSSR count). The maximum atomic E-state index is 13.3. The molecule has 2 aromatic rings. The van der Waals surface area contributed by atoms with Crippen LogP contribution in [0.3, 0.4) is 0 Å². The number of hydrogen-bond acceptors (Lipinski definition) is 5. The summed E-state index contributed by atoms with van der Waals surface area (Å²) in [5.74, 6) is 0.651. The number of nitrogens with zero attached hydrogens (tertiary/aromatic N) is 1. The molecule has 9 heteroatoms. The zero-order chi connectivity index (χ0) is 24.2. The summed E-state index contributed by atoms with van der Waals surface area (Å²) in [5, 5.41) is 0.789. The Morgan fingerprint density at radius 1 is 1.18 bits per heavy atom. The molecule has 1 aliphatic heterocycles. The predicted molar refractivity (Wildman–Crippen MR) is 131 cm³/mol. The normalized spacial score (nSPS) is 19.8. The van der Waals surface area contributed by atoms with Gasteiger partial charge < -0.3 is 9.64 Å². The summed E-state index contributed by atoms with van der Waals surface area (Å²) >= 11 is 12.5. The van der Waals surface area contributed by atoms with E-state index in [0.29, 0.717) is 48.1 Å². The number of halogens is 2. The van der Waals surface area contributed by atoms with E-state index in [4.69, 9.17) is 32.1 Å². The molecule has 1 saturated heterocycles. The lowest BCUT2D eigenvalue weighted by atomic mass is 9.69. The Bertz CT molecular complexity index is 1110. The highest BCUT2D eigenvalue weighted by atomic mass is 35.5. The Hall–Kier alpha value is -1.80. The summed E-state index contributed by atoms with van der Waals surface area (Å²) in [6, 6.07) is 12.7. The van der Waals surface area contributed by atoms with E-state index in [1.807, 2.05) is 37.3 Å². The van der Waals surface area contributed by atoms with Gasteiger partial charge in [-0.3, -0.25) is 8.98 Å². The SMILES string of the molecule is CCC(OS(C)(=O)=O)C1(c2ccc(Cl)c(Cl)c2)CCCN(C(=O)Cc2cccc(OC)c2)C1. The fraction of sp³-hybridized carbons (Fsp3) is 0.458. The monoisotopic (exact) mass is 513 g/mol. The van der Waals surface area contributed by atoms with Crippen molar-refractivity contribution in [1.29, 1.82) is 0 Å². The molecule has 0 saturated carbocycles. The maximum absolute atomic E-state index is 13.3. The zero-order valence-corrected chi connectivity index (χ0v) is 21.3. The average molecular weight is 514 g/mol. The number of rotatable bonds is 8. The number of carbonyl (C=O) groups is 1. The van der Waals surface area contributed by atoms with Gasteiger partial charge in [0.2, 0.25) is 5.91 Å². The van der Waals surface area contributed by atoms with Gasteiger partial charge in [0.15, 0.2) is 0 Å². The molecular formula is C24H29Cl2NO5S. The van der Waals surface area contributed by atoms with Crippen molar-refractivity contribution in [2.75, 3.05) is 26.5 Å². The highest BCUT2D eigenvalue weighted by molar-refractivity contribution is 7.86. The van der Waals surface area contributed by atoms with Gasteiger partial charge in [-0.15, -0.1) is 0 Å². The minimum Gasteiger partial charge on any atom is -0.497 e. The highest BCUT2D eigenvalue weighted by Gasteiger charge is 2.46. The molecule has 0 aliphatic carbocycles. The summed E-state index contributed by atoms with van der Waals surface area (Å²) in [6.45, 7) is 2.79. The second-order valence-corrected chi connectivity index (χ2v) is 10.8. The lowest BCUT2D eigenvalue weighted by Crippen LogP contribution is -2.55. The van der Waals surface area contributed by atoms with Crippen LogP contribution in [-0.2, 0) is 30.9 Å². The molecule has 33 heavy (non-hydrogen) atoms. The molecule has 1 heterocycles. The second kappa shape index (κ2) is 10.6. The van der Waals surface area contributed by atoms with Crippen molar-refractivity contribution in [1.82, 2.24) is 4.90 Å². The fourth-order valence-corrected chi connectivity index (χ4v) is 5.66. The molecule has 0 radical (unpaired) electrons. The predicted octanol–water partition coefficient (Wildman–Crippen LogP) is 4.86. The van der Waals surface area contributed by atoms with Crippen molar-refractivity contribution >= 4 is 39.2 Å². The average Bonchev–Trinajstić information content (AvgIpc) is 2.78. The van der Waals surface area contributed by atoms with E-state index in [1.165, 1.54) is 0 Å². The molecule has 0 spiro atoms. The molecule has 0 N–H and O–H groups in total. The van der Waals surface area contributed by atoms with E-state index >= 15 is 0 Å². The van der Waals surface area contributed by atoms with Crippen molar-refractivity contribution in [3.05, 3.63) is 63.6 Å². The van der Waals surface area contributed by atoms with Crippen molar-refractivity contribution in [2.45, 2.75) is 44.1 Å². The molecule has 2 atom stereocenters. The van der Waals surface area contributed by atoms with Gasteiger partial charge in [-0.1, -0.05) is 48.3 Å². The van der Waals surface area contributed by atoms with Crippen LogP contribution in [0.2, 0.25) is 10.0 Å². The number of ether oxygens (including phenoxy) is 1. The molecule has 2 aromatic carbocycles. The van der Waals surface area contributed by atoms with Gasteiger partial charge >= 0.3 is 0 Å². The Labute approximate surface area is 205 Å². The third-order valence-electron chi connectivity index (χ3n) is 6.14. The Kier molecular flexibility index (Phi) is 8.32. The van der Waals surface area contributed by atoms with Crippen LogP contribution < -0.4 is 4.74 Å². The quantitative estimate of drug-likeness (QED) is 0.471. The van der Waals surface area contributed by atoms with Crippen molar-refractivity contribution in [3.63, 3.8) is 0 Å². The van der Waals surface area contributed by atoms with E-state index in [-0.39, 0.29) is 12.3 Å². The number of likely N-dealkylation sites (tertiary alicyclic amines) is 1. The van der Waals surface area contributed by atoms with E-state index in [9.17, 15) is 13.2 Å². The molecular weight excluding hydrogens is 485 g/mol. The number of benzene rings is 2. The minimum atomic E-state index is -3.72. The summed E-state index contributed by atoms with van der Waals surface area (Å²) in [7, 11) is -2.13. The van der Waals surface area contributed by atoms with Crippen molar-refractivity contribution < 1.29 is 22.1 Å². The lowest BCUT2D eigenvalue weighted by Gasteiger charge is -2.47. The summed E-state index contributed by atoms with van der Waals surface area (Å²) in [6.07, 6.45) is 2.42. The number of amides is 1. The minimum absolute atomic E-state index is 0.0402. The first-order valence-electron chi connectivity index (χ1n) is 10.8. The standard InChI is InChI=1S/C24H29Cl2NO5S/c1-4-22(32-33(3,29)30)24(18-9-10-20(25)21(26)15-18)11-6-12-27(16-24)23(28)14-17-7-5-8-19(13-17)31-2/h5,7-10,13,15,22H,4,6,11-12,14,16H2,1-3H3. The Morgan fingerprint density at radius 3 is 2.58 bits per heavy atom. The third kappa shape index (κ3) is 6.21. The molecule has 0 bridgehead atoms. The maximum Gasteiger partial charge on any atom is 0.264 e. The van der Waals surface area contributed by atoms with Crippen LogP contribution >= 0.6 is 23.2 Å². The van der Waals surface area contributed by atoms with Gasteiger partial charge in [0, 0.05) is 18.5 Å². The van der Waals surface area contributed by atoms with Gasteiger partial charge in [0.05, 0.1) is 35.9 Å². The van der Waals surface area contributed by atoms with Gasteiger partial charge in [0.25, 0.3) is 10.1 Å². The van der Waals surface area contributed by atoms with Crippen molar-refractivity contribution in [3.8, 4) is 5.75 Å². The third-order valence-corrected chi connectivity index (χ3v) is 7.46. The molecule has 1 fully saturated rings. The topological polar surface area (TPSA) is 72.9 Å². The number of piperidine rings is 1. The largest absolute Gasteiger partial charge is 0.497 e. The first-order chi connectivity index (χ1) is 15.6. The molecule has 2 unspecified atom stereocenters. The van der Waals surface area contributed by atoms with Crippen LogP contribution in [0.5, 0.6) is 5.75 Å². The van der Waals surface area contributed by atoms with E-state index in [2.05, 4.69) is 0 Å². The number of hydrogen-bond donors (Lipinski definition) is 0. The Morgan fingerprint density at radius 2 is 1.94 bits per heavy atom. The molecule has 0 aromatic heterocycles. The molecule has 180 valence electrons. The van der Waals surface area contributed by atoms with E-state index < -0.39 is 21.6 Å². The van der Waals surface area contributed by atoms with Gasteiger partial charge in [-0.05, 0) is 54.7 Å². The van der Waals surface area contributed by atoms with Crippen LogP contribution in [0.1, 0.15) is 37.3 Å². The Balaban J connectivity index is 1.96. The molecule has 1 aliphatic rings. The second-order valence-electron chi connectivity index (χ2n) is 8.43. The molecule has 6 nitrogen and oxygen atoms in total. The van der Waals surface area contributed by atoms with E-state index in [1.54, 1.807) is 24.1 Å². The zero-order valence-electron chi connectivity index (χ0n) is 19.0. The fourth-order valence-electron chi connectivity index (χ4n) is 4.62. The summed E-state index contributed by atoms with van der Waals surface area (Å²) in [4.78, 5) is 15.1. The number of methoxy groups -OCH3 is 1. The van der Waals surface area contributed by atoms with Gasteiger partial charge in [0.1, 0.15) is 5.75 Å². The van der Waals surface area contributed by atoms with Crippen LogP contribution in [0.25, 0.3) is 0 Å². The highest BCUT2D eigenvalue weighted by Crippen LogP contribution is 2.42. The lowest BCUT2D eigenvalue weighted by molar-refractivity contribution is -0.133. The first kappa shape index (κ1) is 25.8. The smallest absolute Gasteiger partial charge is 0.264 e. The van der Waals surface area contributed by atoms with Crippen LogP contribution in [0.4, 0.5) is 0 Å². The molecule has 1 amide bonds. The van der Waals surface area contributed by atoms with Crippen molar-refractivity contribution in [2.24, 2.45) is 0 Å². The van der Waals surface area contributed by atoms with Crippen LogP contribution in [0.15, 0.2) is 42.5 Å². The van der Waals surface area contributed by atoms with Crippen LogP contribution in [0, 0.1) is 0 Å². The summed E-state index contributed by atoms with van der Waals surface area (Å²) < 4.78 is 35.0. The van der Waals surface area contributed by atoms with Crippen LogP contribution in [-0.4, -0.2) is 51.8 Å².